The van der Waals surface area contributed by atoms with Crippen molar-refractivity contribution in [3.8, 4) is 5.75 Å². The fourth-order valence-corrected chi connectivity index (χ4v) is 2.82. The summed E-state index contributed by atoms with van der Waals surface area (Å²) >= 11 is 0. The van der Waals surface area contributed by atoms with E-state index in [-0.39, 0.29) is 5.56 Å². The minimum absolute atomic E-state index is 0.116. The molecule has 1 aliphatic rings. The van der Waals surface area contributed by atoms with Gasteiger partial charge in [-0.05, 0) is 25.0 Å². The molecule has 6 heteroatoms. The van der Waals surface area contributed by atoms with Crippen molar-refractivity contribution in [3.05, 3.63) is 29.6 Å². The van der Waals surface area contributed by atoms with Gasteiger partial charge in [-0.25, -0.2) is 9.18 Å². The average Bonchev–Trinajstić information content (AvgIpc) is 2.54. The highest BCUT2D eigenvalue weighted by Gasteiger charge is 2.42. The molecule has 1 fully saturated rings. The topological polar surface area (TPSA) is 64.6 Å². The summed E-state index contributed by atoms with van der Waals surface area (Å²) in [5.41, 5.74) is -1.18. The number of esters is 1. The molecule has 5 nitrogen and oxygen atoms in total. The lowest BCUT2D eigenvalue weighted by atomic mass is 9.81. The van der Waals surface area contributed by atoms with Crippen molar-refractivity contribution >= 4 is 11.9 Å². The highest BCUT2D eigenvalue weighted by atomic mass is 19.1. The molecule has 0 aromatic heterocycles. The van der Waals surface area contributed by atoms with E-state index in [1.807, 2.05) is 0 Å². The molecule has 1 saturated carbocycles. The summed E-state index contributed by atoms with van der Waals surface area (Å²) in [4.78, 5) is 24.4. The summed E-state index contributed by atoms with van der Waals surface area (Å²) < 4.78 is 23.7. The highest BCUT2D eigenvalue weighted by molar-refractivity contribution is 5.98. The number of nitrogens with one attached hydrogen (secondary N) is 1. The van der Waals surface area contributed by atoms with Crippen LogP contribution in [0.2, 0.25) is 0 Å². The number of ether oxygens (including phenoxy) is 2. The number of carbonyl (C=O) groups is 2. The molecule has 0 unspecified atom stereocenters. The van der Waals surface area contributed by atoms with Crippen LogP contribution in [0, 0.1) is 5.82 Å². The van der Waals surface area contributed by atoms with Crippen molar-refractivity contribution < 1.29 is 23.5 Å². The molecule has 0 aliphatic heterocycles. The summed E-state index contributed by atoms with van der Waals surface area (Å²) in [5.74, 6) is -1.45. The average molecular weight is 309 g/mol. The second kappa shape index (κ2) is 6.77. The first-order valence-electron chi connectivity index (χ1n) is 7.27. The molecule has 1 aromatic carbocycles. The van der Waals surface area contributed by atoms with Crippen LogP contribution in [0.4, 0.5) is 4.39 Å². The zero-order valence-electron chi connectivity index (χ0n) is 12.8. The van der Waals surface area contributed by atoms with Crippen LogP contribution in [-0.2, 0) is 9.53 Å². The molecule has 120 valence electrons. The molecule has 0 spiro atoms. The lowest BCUT2D eigenvalue weighted by molar-refractivity contribution is -0.149. The lowest BCUT2D eigenvalue weighted by Gasteiger charge is -2.35. The van der Waals surface area contributed by atoms with Crippen molar-refractivity contribution in [1.82, 2.24) is 5.32 Å². The first-order valence-corrected chi connectivity index (χ1v) is 7.27. The number of rotatable bonds is 4. The van der Waals surface area contributed by atoms with E-state index in [4.69, 9.17) is 9.47 Å². The molecule has 0 atom stereocenters. The number of amides is 1. The Bertz CT molecular complexity index is 567. The Morgan fingerprint density at radius 2 is 1.86 bits per heavy atom. The van der Waals surface area contributed by atoms with Gasteiger partial charge in [-0.1, -0.05) is 19.3 Å². The molecular formula is C16H20FNO4. The maximum atomic E-state index is 14.0. The van der Waals surface area contributed by atoms with Gasteiger partial charge in [0, 0.05) is 6.07 Å². The van der Waals surface area contributed by atoms with Crippen molar-refractivity contribution in [3.63, 3.8) is 0 Å². The van der Waals surface area contributed by atoms with Crippen LogP contribution in [0.1, 0.15) is 42.5 Å². The predicted molar refractivity (Wildman–Crippen MR) is 78.3 cm³/mol. The van der Waals surface area contributed by atoms with Gasteiger partial charge < -0.3 is 14.8 Å². The lowest BCUT2D eigenvalue weighted by Crippen LogP contribution is -2.56. The summed E-state index contributed by atoms with van der Waals surface area (Å²) in [6, 6.07) is 3.99. The zero-order valence-corrected chi connectivity index (χ0v) is 12.8. The first kappa shape index (κ1) is 16.3. The molecule has 1 amide bonds. The molecule has 22 heavy (non-hydrogen) atoms. The number of carbonyl (C=O) groups excluding carboxylic acids is 2. The maximum Gasteiger partial charge on any atom is 0.331 e. The van der Waals surface area contributed by atoms with E-state index in [0.717, 1.165) is 25.3 Å². The van der Waals surface area contributed by atoms with Gasteiger partial charge >= 0.3 is 5.97 Å². The third-order valence-corrected chi connectivity index (χ3v) is 4.06. The second-order valence-corrected chi connectivity index (χ2v) is 5.43. The minimum atomic E-state index is -1.06. The normalized spacial score (nSPS) is 16.7. The van der Waals surface area contributed by atoms with Gasteiger partial charge in [0.25, 0.3) is 5.91 Å². The standard InChI is InChI=1S/C16H20FNO4/c1-21-11-6-7-12(13(17)10-11)14(19)18-16(15(20)22-2)8-4-3-5-9-16/h6-7,10H,3-5,8-9H2,1-2H3,(H,18,19). The van der Waals surface area contributed by atoms with Gasteiger partial charge in [-0.2, -0.15) is 0 Å². The van der Waals surface area contributed by atoms with E-state index in [0.29, 0.717) is 18.6 Å². The monoisotopic (exact) mass is 309 g/mol. The first-order chi connectivity index (χ1) is 10.5. The van der Waals surface area contributed by atoms with E-state index in [9.17, 15) is 14.0 Å². The highest BCUT2D eigenvalue weighted by Crippen LogP contribution is 2.30. The SMILES string of the molecule is COC(=O)C1(NC(=O)c2ccc(OC)cc2F)CCCCC1. The van der Waals surface area contributed by atoms with Gasteiger partial charge in [-0.15, -0.1) is 0 Å². The third-order valence-electron chi connectivity index (χ3n) is 4.06. The minimum Gasteiger partial charge on any atom is -0.497 e. The van der Waals surface area contributed by atoms with Crippen LogP contribution >= 0.6 is 0 Å². The Labute approximate surface area is 128 Å². The summed E-state index contributed by atoms with van der Waals surface area (Å²) in [7, 11) is 2.71. The van der Waals surface area contributed by atoms with Gasteiger partial charge in [-0.3, -0.25) is 4.79 Å². The van der Waals surface area contributed by atoms with E-state index in [1.165, 1.54) is 26.4 Å². The molecule has 1 aromatic rings. The molecular weight excluding hydrogens is 289 g/mol. The van der Waals surface area contributed by atoms with Gasteiger partial charge in [0.1, 0.15) is 17.1 Å². The molecule has 0 heterocycles. The Balaban J connectivity index is 2.23. The van der Waals surface area contributed by atoms with Crippen molar-refractivity contribution in [2.75, 3.05) is 14.2 Å². The van der Waals surface area contributed by atoms with Crippen LogP contribution in [0.25, 0.3) is 0 Å². The summed E-state index contributed by atoms with van der Waals surface area (Å²) in [5, 5.41) is 2.68. The molecule has 0 radical (unpaired) electrons. The smallest absolute Gasteiger partial charge is 0.331 e. The van der Waals surface area contributed by atoms with Crippen molar-refractivity contribution in [1.29, 1.82) is 0 Å². The largest absolute Gasteiger partial charge is 0.497 e. The van der Waals surface area contributed by atoms with E-state index >= 15 is 0 Å². The Hall–Kier alpha value is -2.11. The molecule has 1 N–H and O–H groups in total. The summed E-state index contributed by atoms with van der Waals surface area (Å²) in [6.45, 7) is 0. The molecule has 0 saturated heterocycles. The van der Waals surface area contributed by atoms with Gasteiger partial charge in [0.15, 0.2) is 0 Å². The number of benzene rings is 1. The fourth-order valence-electron chi connectivity index (χ4n) is 2.82. The van der Waals surface area contributed by atoms with Crippen LogP contribution in [0.15, 0.2) is 18.2 Å². The quantitative estimate of drug-likeness (QED) is 0.868. The van der Waals surface area contributed by atoms with Crippen molar-refractivity contribution in [2.24, 2.45) is 0 Å². The Kier molecular flexibility index (Phi) is 5.00. The molecule has 1 aliphatic carbocycles. The summed E-state index contributed by atoms with van der Waals surface area (Å²) in [6.07, 6.45) is 3.65. The van der Waals surface area contributed by atoms with Crippen LogP contribution in [-0.4, -0.2) is 31.6 Å². The van der Waals surface area contributed by atoms with E-state index < -0.39 is 23.2 Å². The Morgan fingerprint density at radius 1 is 1.18 bits per heavy atom. The van der Waals surface area contributed by atoms with E-state index in [1.54, 1.807) is 0 Å². The second-order valence-electron chi connectivity index (χ2n) is 5.43. The third kappa shape index (κ3) is 3.21. The molecule has 2 rings (SSSR count). The number of hydrogen-bond donors (Lipinski definition) is 1. The van der Waals surface area contributed by atoms with Crippen LogP contribution in [0.3, 0.4) is 0 Å². The number of hydrogen-bond acceptors (Lipinski definition) is 4. The van der Waals surface area contributed by atoms with Crippen LogP contribution < -0.4 is 10.1 Å². The van der Waals surface area contributed by atoms with E-state index in [2.05, 4.69) is 5.32 Å². The van der Waals surface area contributed by atoms with Gasteiger partial charge in [0.05, 0.1) is 19.8 Å². The van der Waals surface area contributed by atoms with Crippen molar-refractivity contribution in [2.45, 2.75) is 37.6 Å². The number of methoxy groups -OCH3 is 2. The predicted octanol–water partition coefficient (Wildman–Crippen LogP) is 2.44. The van der Waals surface area contributed by atoms with Crippen LogP contribution in [0.5, 0.6) is 5.75 Å². The zero-order chi connectivity index (χ0) is 16.2. The fraction of sp³-hybridized carbons (Fsp3) is 0.500. The maximum absolute atomic E-state index is 14.0. The number of halogens is 1. The van der Waals surface area contributed by atoms with Gasteiger partial charge in [0.2, 0.25) is 0 Å². The molecule has 0 bridgehead atoms. The Morgan fingerprint density at radius 3 is 2.41 bits per heavy atom.